The number of aliphatic hydroxyl groups is 1. The minimum Gasteiger partial charge on any atom is -0.396 e. The van der Waals surface area contributed by atoms with E-state index < -0.39 is 16.1 Å². The highest BCUT2D eigenvalue weighted by Crippen LogP contribution is 1.99. The van der Waals surface area contributed by atoms with Crippen LogP contribution in [0.1, 0.15) is 40.0 Å². The molecule has 18 heavy (non-hydrogen) atoms. The Balaban J connectivity index is 4.34. The number of carbonyl (C=O) groups is 1. The topological polar surface area (TPSA) is 95.5 Å². The molecule has 0 aromatic heterocycles. The van der Waals surface area contributed by atoms with E-state index in [9.17, 15) is 13.2 Å². The van der Waals surface area contributed by atoms with E-state index in [-0.39, 0.29) is 24.3 Å². The first-order valence-corrected chi connectivity index (χ1v) is 7.92. The van der Waals surface area contributed by atoms with Gasteiger partial charge in [-0.2, -0.15) is 0 Å². The smallest absolute Gasteiger partial charge is 0.238 e. The van der Waals surface area contributed by atoms with E-state index in [4.69, 9.17) is 5.11 Å². The zero-order valence-corrected chi connectivity index (χ0v) is 12.1. The molecule has 0 radical (unpaired) electrons. The fourth-order valence-corrected chi connectivity index (χ4v) is 2.81. The largest absolute Gasteiger partial charge is 0.396 e. The van der Waals surface area contributed by atoms with Crippen LogP contribution in [0.5, 0.6) is 0 Å². The Morgan fingerprint density at radius 2 is 1.94 bits per heavy atom. The van der Waals surface area contributed by atoms with Crippen LogP contribution < -0.4 is 10.0 Å². The van der Waals surface area contributed by atoms with Gasteiger partial charge in [0.05, 0.1) is 11.8 Å². The average Bonchev–Trinajstić information content (AvgIpc) is 2.27. The standard InChI is InChI=1S/C11H24N2O4S/c1-4-8-18(16,17)13-9(3)11(15)12-10(5-2)6-7-14/h9-10,13-14H,4-8H2,1-3H3,(H,12,15). The van der Waals surface area contributed by atoms with Gasteiger partial charge in [0.1, 0.15) is 0 Å². The van der Waals surface area contributed by atoms with Crippen LogP contribution in [-0.4, -0.2) is 43.9 Å². The summed E-state index contributed by atoms with van der Waals surface area (Å²) in [4.78, 5) is 11.7. The summed E-state index contributed by atoms with van der Waals surface area (Å²) in [5.74, 6) is -0.353. The van der Waals surface area contributed by atoms with Gasteiger partial charge in [-0.15, -0.1) is 0 Å². The van der Waals surface area contributed by atoms with E-state index in [1.807, 2.05) is 6.92 Å². The van der Waals surface area contributed by atoms with Crippen molar-refractivity contribution >= 4 is 15.9 Å². The molecule has 0 aliphatic rings. The predicted octanol–water partition coefficient (Wildman–Crippen LogP) is -0.0185. The molecular weight excluding hydrogens is 256 g/mol. The highest BCUT2D eigenvalue weighted by atomic mass is 32.2. The number of hydrogen-bond acceptors (Lipinski definition) is 4. The fourth-order valence-electron chi connectivity index (χ4n) is 1.51. The number of aliphatic hydroxyl groups excluding tert-OH is 1. The fraction of sp³-hybridized carbons (Fsp3) is 0.909. The molecule has 0 spiro atoms. The van der Waals surface area contributed by atoms with Gasteiger partial charge in [0, 0.05) is 12.6 Å². The highest BCUT2D eigenvalue weighted by molar-refractivity contribution is 7.89. The molecule has 3 N–H and O–H groups in total. The molecule has 0 saturated carbocycles. The Bertz CT molecular complexity index is 343. The molecule has 6 nitrogen and oxygen atoms in total. The molecular formula is C11H24N2O4S. The van der Waals surface area contributed by atoms with Crippen LogP contribution in [0.4, 0.5) is 0 Å². The molecule has 0 heterocycles. The van der Waals surface area contributed by atoms with Crippen LogP contribution in [-0.2, 0) is 14.8 Å². The van der Waals surface area contributed by atoms with Gasteiger partial charge in [0.2, 0.25) is 15.9 Å². The van der Waals surface area contributed by atoms with Gasteiger partial charge in [-0.25, -0.2) is 13.1 Å². The predicted molar refractivity (Wildman–Crippen MR) is 70.6 cm³/mol. The Kier molecular flexibility index (Phi) is 8.13. The quantitative estimate of drug-likeness (QED) is 0.553. The Morgan fingerprint density at radius 3 is 2.39 bits per heavy atom. The molecule has 2 unspecified atom stereocenters. The lowest BCUT2D eigenvalue weighted by Gasteiger charge is -2.19. The van der Waals surface area contributed by atoms with Gasteiger partial charge in [0.15, 0.2) is 0 Å². The number of amides is 1. The molecule has 108 valence electrons. The second kappa shape index (κ2) is 8.44. The molecule has 7 heteroatoms. The molecule has 0 saturated heterocycles. The summed E-state index contributed by atoms with van der Waals surface area (Å²) in [5, 5.41) is 11.5. The van der Waals surface area contributed by atoms with Crippen molar-refractivity contribution in [1.82, 2.24) is 10.0 Å². The van der Waals surface area contributed by atoms with Crippen LogP contribution in [0.25, 0.3) is 0 Å². The summed E-state index contributed by atoms with van der Waals surface area (Å²) in [6.07, 6.45) is 1.67. The summed E-state index contributed by atoms with van der Waals surface area (Å²) in [7, 11) is -3.39. The van der Waals surface area contributed by atoms with Crippen LogP contribution >= 0.6 is 0 Å². The van der Waals surface area contributed by atoms with E-state index in [1.54, 1.807) is 6.92 Å². The second-order valence-corrected chi connectivity index (χ2v) is 6.16. The monoisotopic (exact) mass is 280 g/mol. The second-order valence-electron chi connectivity index (χ2n) is 4.28. The summed E-state index contributed by atoms with van der Waals surface area (Å²) >= 11 is 0. The Hall–Kier alpha value is -0.660. The van der Waals surface area contributed by atoms with Crippen LogP contribution in [0.2, 0.25) is 0 Å². The number of nitrogens with one attached hydrogen (secondary N) is 2. The number of carbonyl (C=O) groups excluding carboxylic acids is 1. The third kappa shape index (κ3) is 6.93. The van der Waals surface area contributed by atoms with Gasteiger partial charge in [0.25, 0.3) is 0 Å². The molecule has 2 atom stereocenters. The Morgan fingerprint density at radius 1 is 1.33 bits per heavy atom. The maximum atomic E-state index is 11.7. The first kappa shape index (κ1) is 17.3. The lowest BCUT2D eigenvalue weighted by molar-refractivity contribution is -0.123. The molecule has 1 amide bonds. The minimum absolute atomic E-state index is 0.00523. The van der Waals surface area contributed by atoms with Gasteiger partial charge >= 0.3 is 0 Å². The van der Waals surface area contributed by atoms with Gasteiger partial charge in [-0.05, 0) is 26.2 Å². The number of rotatable bonds is 9. The van der Waals surface area contributed by atoms with Crippen LogP contribution in [0.3, 0.4) is 0 Å². The summed E-state index contributed by atoms with van der Waals surface area (Å²) in [6, 6.07) is -0.921. The van der Waals surface area contributed by atoms with Crippen molar-refractivity contribution in [2.45, 2.75) is 52.1 Å². The number of sulfonamides is 1. The van der Waals surface area contributed by atoms with Gasteiger partial charge in [-0.1, -0.05) is 13.8 Å². The van der Waals surface area contributed by atoms with E-state index in [2.05, 4.69) is 10.0 Å². The normalized spacial score (nSPS) is 15.1. The maximum absolute atomic E-state index is 11.7. The van der Waals surface area contributed by atoms with Gasteiger partial charge in [-0.3, -0.25) is 4.79 Å². The maximum Gasteiger partial charge on any atom is 0.238 e. The summed E-state index contributed by atoms with van der Waals surface area (Å²) in [5.41, 5.74) is 0. The minimum atomic E-state index is -3.39. The molecule has 0 aliphatic carbocycles. The van der Waals surface area contributed by atoms with Crippen molar-refractivity contribution in [2.24, 2.45) is 0 Å². The van der Waals surface area contributed by atoms with Gasteiger partial charge < -0.3 is 10.4 Å². The lowest BCUT2D eigenvalue weighted by Crippen LogP contribution is -2.48. The van der Waals surface area contributed by atoms with Crippen molar-refractivity contribution in [3.63, 3.8) is 0 Å². The average molecular weight is 280 g/mol. The van der Waals surface area contributed by atoms with Crippen molar-refractivity contribution in [2.75, 3.05) is 12.4 Å². The molecule has 0 aromatic rings. The third-order valence-corrected chi connectivity index (χ3v) is 4.20. The van der Waals surface area contributed by atoms with E-state index in [1.165, 1.54) is 6.92 Å². The number of hydrogen-bond donors (Lipinski definition) is 3. The van der Waals surface area contributed by atoms with Crippen LogP contribution in [0.15, 0.2) is 0 Å². The van der Waals surface area contributed by atoms with E-state index in [0.29, 0.717) is 19.3 Å². The first-order chi connectivity index (χ1) is 8.36. The molecule has 0 aliphatic heterocycles. The van der Waals surface area contributed by atoms with Crippen molar-refractivity contribution < 1.29 is 18.3 Å². The third-order valence-electron chi connectivity index (χ3n) is 2.54. The zero-order chi connectivity index (χ0) is 14.2. The summed E-state index contributed by atoms with van der Waals surface area (Å²) in [6.45, 7) is 5.16. The SMILES string of the molecule is CCCS(=O)(=O)NC(C)C(=O)NC(CC)CCO. The van der Waals surface area contributed by atoms with Crippen LogP contribution in [0, 0.1) is 0 Å². The molecule has 0 bridgehead atoms. The lowest BCUT2D eigenvalue weighted by atomic mass is 10.1. The highest BCUT2D eigenvalue weighted by Gasteiger charge is 2.21. The van der Waals surface area contributed by atoms with Crippen molar-refractivity contribution in [1.29, 1.82) is 0 Å². The molecule has 0 rings (SSSR count). The van der Waals surface area contributed by atoms with E-state index in [0.717, 1.165) is 0 Å². The van der Waals surface area contributed by atoms with Crippen molar-refractivity contribution in [3.8, 4) is 0 Å². The molecule has 0 fully saturated rings. The first-order valence-electron chi connectivity index (χ1n) is 6.27. The van der Waals surface area contributed by atoms with Crippen molar-refractivity contribution in [3.05, 3.63) is 0 Å². The Labute approximate surface area is 109 Å². The molecule has 0 aromatic carbocycles. The zero-order valence-electron chi connectivity index (χ0n) is 11.3. The summed E-state index contributed by atoms with van der Waals surface area (Å²) < 4.78 is 25.3. The van der Waals surface area contributed by atoms with E-state index >= 15 is 0 Å².